The van der Waals surface area contributed by atoms with Gasteiger partial charge in [-0.15, -0.1) is 0 Å². The van der Waals surface area contributed by atoms with Gasteiger partial charge < -0.3 is 4.74 Å². The number of non-ortho nitro benzene ring substituents is 1. The first-order valence-electron chi connectivity index (χ1n) is 8.32. The van der Waals surface area contributed by atoms with Crippen molar-refractivity contribution in [1.82, 2.24) is 9.97 Å². The Kier molecular flexibility index (Phi) is 4.22. The average molecular weight is 357 g/mol. The summed E-state index contributed by atoms with van der Waals surface area (Å²) >= 11 is 0. The van der Waals surface area contributed by atoms with E-state index in [1.807, 2.05) is 48.5 Å². The second-order valence-electron chi connectivity index (χ2n) is 5.95. The number of hydrogen-bond acceptors (Lipinski definition) is 5. The first kappa shape index (κ1) is 16.7. The Balaban J connectivity index is 1.93. The minimum atomic E-state index is -0.424. The van der Waals surface area contributed by atoms with Crippen LogP contribution in [0.1, 0.15) is 0 Å². The topological polar surface area (TPSA) is 78.2 Å². The van der Waals surface area contributed by atoms with Gasteiger partial charge in [-0.2, -0.15) is 0 Å². The number of ether oxygens (including phenoxy) is 1. The Morgan fingerprint density at radius 3 is 2.30 bits per heavy atom. The van der Waals surface area contributed by atoms with Gasteiger partial charge in [0, 0.05) is 28.6 Å². The molecule has 6 nitrogen and oxygen atoms in total. The van der Waals surface area contributed by atoms with Crippen LogP contribution in [0.2, 0.25) is 0 Å². The number of rotatable bonds is 4. The highest BCUT2D eigenvalue weighted by atomic mass is 16.6. The molecule has 0 N–H and O–H groups in total. The third kappa shape index (κ3) is 3.20. The van der Waals surface area contributed by atoms with Crippen LogP contribution >= 0.6 is 0 Å². The molecule has 0 amide bonds. The van der Waals surface area contributed by atoms with Gasteiger partial charge in [-0.05, 0) is 30.3 Å². The summed E-state index contributed by atoms with van der Waals surface area (Å²) in [5, 5.41) is 11.8. The fourth-order valence-electron chi connectivity index (χ4n) is 2.91. The highest BCUT2D eigenvalue weighted by Gasteiger charge is 2.13. The molecular weight excluding hydrogens is 342 g/mol. The lowest BCUT2D eigenvalue weighted by Crippen LogP contribution is -1.96. The van der Waals surface area contributed by atoms with E-state index >= 15 is 0 Å². The summed E-state index contributed by atoms with van der Waals surface area (Å²) in [4.78, 5) is 19.9. The molecule has 0 radical (unpaired) electrons. The van der Waals surface area contributed by atoms with E-state index in [-0.39, 0.29) is 5.69 Å². The summed E-state index contributed by atoms with van der Waals surface area (Å²) in [5.74, 6) is 1.24. The molecule has 3 aromatic carbocycles. The number of nitrogens with zero attached hydrogens (tertiary/aromatic N) is 3. The van der Waals surface area contributed by atoms with E-state index in [1.165, 1.54) is 12.1 Å². The summed E-state index contributed by atoms with van der Waals surface area (Å²) in [7, 11) is 1.62. The molecule has 1 heterocycles. The van der Waals surface area contributed by atoms with E-state index in [1.54, 1.807) is 19.2 Å². The predicted octanol–water partition coefficient (Wildman–Crippen LogP) is 4.88. The average Bonchev–Trinajstić information content (AvgIpc) is 2.73. The molecule has 1 aromatic heterocycles. The molecule has 0 atom stereocenters. The summed E-state index contributed by atoms with van der Waals surface area (Å²) in [6, 6.07) is 21.7. The van der Waals surface area contributed by atoms with Crippen molar-refractivity contribution in [3.8, 4) is 28.4 Å². The minimum Gasteiger partial charge on any atom is -0.497 e. The van der Waals surface area contributed by atoms with E-state index < -0.39 is 4.92 Å². The molecule has 0 spiro atoms. The second-order valence-corrected chi connectivity index (χ2v) is 5.95. The zero-order valence-electron chi connectivity index (χ0n) is 14.5. The van der Waals surface area contributed by atoms with Crippen LogP contribution in [0.15, 0.2) is 72.8 Å². The second kappa shape index (κ2) is 6.84. The van der Waals surface area contributed by atoms with Crippen LogP contribution in [0.5, 0.6) is 5.75 Å². The number of aromatic nitrogens is 2. The first-order chi connectivity index (χ1) is 13.2. The maximum absolute atomic E-state index is 10.9. The quantitative estimate of drug-likeness (QED) is 0.384. The smallest absolute Gasteiger partial charge is 0.269 e. The molecule has 0 saturated carbocycles. The molecule has 0 unspecified atom stereocenters. The SMILES string of the molecule is COc1ccc2nc(-c3ccc([N+](=O)[O-])cc3)nc(-c3ccccc3)c2c1. The summed E-state index contributed by atoms with van der Waals surface area (Å²) in [5.41, 5.74) is 3.27. The van der Waals surface area contributed by atoms with Gasteiger partial charge in [-0.3, -0.25) is 10.1 Å². The number of fused-ring (bicyclic) bond motifs is 1. The molecule has 0 aliphatic carbocycles. The van der Waals surface area contributed by atoms with Gasteiger partial charge in [0.1, 0.15) is 5.75 Å². The number of hydrogen-bond donors (Lipinski definition) is 0. The molecule has 0 fully saturated rings. The molecule has 27 heavy (non-hydrogen) atoms. The molecule has 132 valence electrons. The van der Waals surface area contributed by atoms with Crippen molar-refractivity contribution in [2.75, 3.05) is 7.11 Å². The van der Waals surface area contributed by atoms with Gasteiger partial charge in [0.25, 0.3) is 5.69 Å². The lowest BCUT2D eigenvalue weighted by atomic mass is 10.1. The van der Waals surface area contributed by atoms with Crippen molar-refractivity contribution in [3.05, 3.63) is 82.9 Å². The number of nitro benzene ring substituents is 1. The van der Waals surface area contributed by atoms with Gasteiger partial charge in [0.05, 0.1) is 23.2 Å². The highest BCUT2D eigenvalue weighted by molar-refractivity contribution is 5.94. The van der Waals surface area contributed by atoms with Gasteiger partial charge in [-0.25, -0.2) is 9.97 Å². The van der Waals surface area contributed by atoms with Crippen molar-refractivity contribution in [2.45, 2.75) is 0 Å². The Morgan fingerprint density at radius 2 is 1.63 bits per heavy atom. The molecule has 0 bridgehead atoms. The molecular formula is C21H15N3O3. The molecule has 0 aliphatic heterocycles. The van der Waals surface area contributed by atoms with Crippen LogP contribution in [0.4, 0.5) is 5.69 Å². The standard InChI is InChI=1S/C21H15N3O3/c1-27-17-11-12-19-18(13-17)20(14-5-3-2-4-6-14)23-21(22-19)15-7-9-16(10-8-15)24(25)26/h2-13H,1H3. The van der Waals surface area contributed by atoms with Crippen LogP contribution in [0.3, 0.4) is 0 Å². The molecule has 4 rings (SSSR count). The predicted molar refractivity (Wildman–Crippen MR) is 104 cm³/mol. The fourth-order valence-corrected chi connectivity index (χ4v) is 2.91. The fraction of sp³-hybridized carbons (Fsp3) is 0.0476. The van der Waals surface area contributed by atoms with Crippen molar-refractivity contribution in [3.63, 3.8) is 0 Å². The Bertz CT molecular complexity index is 1130. The maximum Gasteiger partial charge on any atom is 0.269 e. The summed E-state index contributed by atoms with van der Waals surface area (Å²) in [6.07, 6.45) is 0. The number of methoxy groups -OCH3 is 1. The van der Waals surface area contributed by atoms with Crippen LogP contribution in [-0.4, -0.2) is 22.0 Å². The third-order valence-electron chi connectivity index (χ3n) is 4.29. The molecule has 0 aliphatic rings. The third-order valence-corrected chi connectivity index (χ3v) is 4.29. The lowest BCUT2D eigenvalue weighted by molar-refractivity contribution is -0.384. The van der Waals surface area contributed by atoms with E-state index in [2.05, 4.69) is 4.98 Å². The monoisotopic (exact) mass is 357 g/mol. The zero-order valence-corrected chi connectivity index (χ0v) is 14.5. The van der Waals surface area contributed by atoms with Crippen LogP contribution < -0.4 is 4.74 Å². The van der Waals surface area contributed by atoms with E-state index in [0.717, 1.165) is 33.5 Å². The van der Waals surface area contributed by atoms with Crippen molar-refractivity contribution in [2.24, 2.45) is 0 Å². The van der Waals surface area contributed by atoms with Gasteiger partial charge in [0.2, 0.25) is 0 Å². The Hall–Kier alpha value is -3.80. The summed E-state index contributed by atoms with van der Waals surface area (Å²) < 4.78 is 5.34. The Morgan fingerprint density at radius 1 is 0.889 bits per heavy atom. The normalized spacial score (nSPS) is 10.7. The Labute approximate surface area is 155 Å². The molecule has 4 aromatic rings. The highest BCUT2D eigenvalue weighted by Crippen LogP contribution is 2.31. The van der Waals surface area contributed by atoms with Crippen molar-refractivity contribution in [1.29, 1.82) is 0 Å². The first-order valence-corrected chi connectivity index (χ1v) is 8.32. The number of benzene rings is 3. The van der Waals surface area contributed by atoms with Crippen LogP contribution in [-0.2, 0) is 0 Å². The van der Waals surface area contributed by atoms with E-state index in [4.69, 9.17) is 9.72 Å². The van der Waals surface area contributed by atoms with Gasteiger partial charge in [-0.1, -0.05) is 30.3 Å². The van der Waals surface area contributed by atoms with Crippen molar-refractivity contribution < 1.29 is 9.66 Å². The zero-order chi connectivity index (χ0) is 18.8. The van der Waals surface area contributed by atoms with Gasteiger partial charge >= 0.3 is 0 Å². The van der Waals surface area contributed by atoms with Crippen molar-refractivity contribution >= 4 is 16.6 Å². The molecule has 0 saturated heterocycles. The van der Waals surface area contributed by atoms with Crippen LogP contribution in [0.25, 0.3) is 33.5 Å². The molecule has 6 heteroatoms. The number of nitro groups is 1. The largest absolute Gasteiger partial charge is 0.497 e. The lowest BCUT2D eigenvalue weighted by Gasteiger charge is -2.10. The summed E-state index contributed by atoms with van der Waals surface area (Å²) in [6.45, 7) is 0. The maximum atomic E-state index is 10.9. The van der Waals surface area contributed by atoms with E-state index in [0.29, 0.717) is 5.82 Å². The minimum absolute atomic E-state index is 0.0348. The van der Waals surface area contributed by atoms with Gasteiger partial charge in [0.15, 0.2) is 5.82 Å². The van der Waals surface area contributed by atoms with E-state index in [9.17, 15) is 10.1 Å². The van der Waals surface area contributed by atoms with Crippen LogP contribution in [0, 0.1) is 10.1 Å².